The van der Waals surface area contributed by atoms with Crippen LogP contribution in [0.1, 0.15) is 31.9 Å². The van der Waals surface area contributed by atoms with E-state index >= 15 is 0 Å². The van der Waals surface area contributed by atoms with Crippen molar-refractivity contribution in [3.8, 4) is 5.75 Å². The summed E-state index contributed by atoms with van der Waals surface area (Å²) in [4.78, 5) is 0. The molecular weight excluding hydrogens is 214 g/mol. The first kappa shape index (κ1) is 14.0. The highest BCUT2D eigenvalue weighted by Crippen LogP contribution is 2.28. The number of hydrogen-bond donors (Lipinski definition) is 1. The zero-order chi connectivity index (χ0) is 12.7. The van der Waals surface area contributed by atoms with Crippen molar-refractivity contribution in [2.75, 3.05) is 20.8 Å². The highest BCUT2D eigenvalue weighted by molar-refractivity contribution is 5.35. The standard InChI is InChI=1S/C14H23NO2/c1-5-15-13(10-11(2)16-3)12-8-6-7-9-14(12)17-4/h6-9,11,13,15H,5,10H2,1-4H3. The summed E-state index contributed by atoms with van der Waals surface area (Å²) in [5.41, 5.74) is 1.20. The second-order valence-electron chi connectivity index (χ2n) is 4.13. The van der Waals surface area contributed by atoms with E-state index in [2.05, 4.69) is 25.2 Å². The average molecular weight is 237 g/mol. The molecule has 3 nitrogen and oxygen atoms in total. The van der Waals surface area contributed by atoms with Crippen LogP contribution >= 0.6 is 0 Å². The minimum Gasteiger partial charge on any atom is -0.496 e. The van der Waals surface area contributed by atoms with E-state index in [1.807, 2.05) is 18.2 Å². The van der Waals surface area contributed by atoms with Gasteiger partial charge >= 0.3 is 0 Å². The molecule has 0 fully saturated rings. The molecule has 1 aromatic carbocycles. The summed E-state index contributed by atoms with van der Waals surface area (Å²) >= 11 is 0. The Bertz CT molecular complexity index is 328. The van der Waals surface area contributed by atoms with E-state index in [1.165, 1.54) is 5.56 Å². The van der Waals surface area contributed by atoms with Crippen molar-refractivity contribution in [2.24, 2.45) is 0 Å². The Labute approximate surface area is 104 Å². The molecule has 0 spiro atoms. The van der Waals surface area contributed by atoms with Crippen LogP contribution in [0.5, 0.6) is 5.75 Å². The van der Waals surface area contributed by atoms with E-state index in [1.54, 1.807) is 14.2 Å². The Morgan fingerprint density at radius 1 is 1.24 bits per heavy atom. The molecule has 3 heteroatoms. The van der Waals surface area contributed by atoms with Crippen molar-refractivity contribution in [1.29, 1.82) is 0 Å². The number of para-hydroxylation sites is 1. The number of nitrogens with one attached hydrogen (secondary N) is 1. The van der Waals surface area contributed by atoms with Gasteiger partial charge in [0.2, 0.25) is 0 Å². The van der Waals surface area contributed by atoms with Crippen LogP contribution in [0.4, 0.5) is 0 Å². The molecule has 0 bridgehead atoms. The van der Waals surface area contributed by atoms with Gasteiger partial charge in [0.25, 0.3) is 0 Å². The Morgan fingerprint density at radius 3 is 2.53 bits per heavy atom. The molecule has 2 unspecified atom stereocenters. The van der Waals surface area contributed by atoms with Crippen LogP contribution in [-0.2, 0) is 4.74 Å². The van der Waals surface area contributed by atoms with E-state index in [0.29, 0.717) is 0 Å². The van der Waals surface area contributed by atoms with Gasteiger partial charge in [-0.25, -0.2) is 0 Å². The molecule has 0 aliphatic rings. The summed E-state index contributed by atoms with van der Waals surface area (Å²) in [5, 5.41) is 3.48. The van der Waals surface area contributed by atoms with Crippen LogP contribution in [0.15, 0.2) is 24.3 Å². The minimum atomic E-state index is 0.226. The topological polar surface area (TPSA) is 30.5 Å². The zero-order valence-corrected chi connectivity index (χ0v) is 11.2. The molecule has 0 heterocycles. The molecule has 1 N–H and O–H groups in total. The molecule has 0 aliphatic carbocycles. The van der Waals surface area contributed by atoms with Gasteiger partial charge in [0, 0.05) is 18.7 Å². The third kappa shape index (κ3) is 4.02. The summed E-state index contributed by atoms with van der Waals surface area (Å²) in [6.07, 6.45) is 1.16. The number of rotatable bonds is 7. The van der Waals surface area contributed by atoms with Gasteiger partial charge in [0.05, 0.1) is 13.2 Å². The van der Waals surface area contributed by atoms with Crippen molar-refractivity contribution >= 4 is 0 Å². The van der Waals surface area contributed by atoms with Crippen LogP contribution in [0.2, 0.25) is 0 Å². The fourth-order valence-electron chi connectivity index (χ4n) is 1.95. The highest BCUT2D eigenvalue weighted by atomic mass is 16.5. The highest BCUT2D eigenvalue weighted by Gasteiger charge is 2.17. The third-order valence-electron chi connectivity index (χ3n) is 2.93. The molecule has 0 radical (unpaired) electrons. The van der Waals surface area contributed by atoms with E-state index in [-0.39, 0.29) is 12.1 Å². The van der Waals surface area contributed by atoms with Crippen molar-refractivity contribution in [3.63, 3.8) is 0 Å². The van der Waals surface area contributed by atoms with Crippen LogP contribution in [0.25, 0.3) is 0 Å². The summed E-state index contributed by atoms with van der Waals surface area (Å²) in [7, 11) is 3.46. The number of hydrogen-bond acceptors (Lipinski definition) is 3. The van der Waals surface area contributed by atoms with Crippen molar-refractivity contribution in [2.45, 2.75) is 32.4 Å². The molecule has 1 rings (SSSR count). The fourth-order valence-corrected chi connectivity index (χ4v) is 1.95. The first-order chi connectivity index (χ1) is 8.22. The Balaban J connectivity index is 2.88. The van der Waals surface area contributed by atoms with Crippen molar-refractivity contribution in [1.82, 2.24) is 5.32 Å². The Hall–Kier alpha value is -1.06. The SMILES string of the molecule is CCNC(CC(C)OC)c1ccccc1OC. The quantitative estimate of drug-likeness (QED) is 0.791. The van der Waals surface area contributed by atoms with E-state index in [0.717, 1.165) is 18.7 Å². The van der Waals surface area contributed by atoms with Crippen LogP contribution in [0.3, 0.4) is 0 Å². The first-order valence-corrected chi connectivity index (χ1v) is 6.12. The third-order valence-corrected chi connectivity index (χ3v) is 2.93. The Morgan fingerprint density at radius 2 is 1.94 bits per heavy atom. The number of benzene rings is 1. The first-order valence-electron chi connectivity index (χ1n) is 6.12. The monoisotopic (exact) mass is 237 g/mol. The molecule has 17 heavy (non-hydrogen) atoms. The fraction of sp³-hybridized carbons (Fsp3) is 0.571. The lowest BCUT2D eigenvalue weighted by Crippen LogP contribution is -2.25. The summed E-state index contributed by atoms with van der Waals surface area (Å²) < 4.78 is 10.7. The van der Waals surface area contributed by atoms with E-state index < -0.39 is 0 Å². The van der Waals surface area contributed by atoms with E-state index in [4.69, 9.17) is 9.47 Å². The van der Waals surface area contributed by atoms with Gasteiger partial charge in [0.15, 0.2) is 0 Å². The van der Waals surface area contributed by atoms with Crippen LogP contribution in [0, 0.1) is 0 Å². The lowest BCUT2D eigenvalue weighted by molar-refractivity contribution is 0.100. The van der Waals surface area contributed by atoms with Gasteiger partial charge in [-0.05, 0) is 26.0 Å². The van der Waals surface area contributed by atoms with Crippen molar-refractivity contribution in [3.05, 3.63) is 29.8 Å². The maximum Gasteiger partial charge on any atom is 0.123 e. The largest absolute Gasteiger partial charge is 0.496 e. The average Bonchev–Trinajstić information content (AvgIpc) is 2.38. The smallest absolute Gasteiger partial charge is 0.123 e. The van der Waals surface area contributed by atoms with Crippen molar-refractivity contribution < 1.29 is 9.47 Å². The molecule has 0 saturated carbocycles. The summed E-state index contributed by atoms with van der Waals surface area (Å²) in [6.45, 7) is 5.12. The molecule has 0 aromatic heterocycles. The predicted octanol–water partition coefficient (Wildman–Crippen LogP) is 2.77. The summed E-state index contributed by atoms with van der Waals surface area (Å²) in [5.74, 6) is 0.932. The van der Waals surface area contributed by atoms with Gasteiger partial charge in [-0.2, -0.15) is 0 Å². The molecule has 0 aliphatic heterocycles. The number of methoxy groups -OCH3 is 2. The van der Waals surface area contributed by atoms with Gasteiger partial charge in [0.1, 0.15) is 5.75 Å². The van der Waals surface area contributed by atoms with Gasteiger partial charge in [-0.3, -0.25) is 0 Å². The van der Waals surface area contributed by atoms with Crippen LogP contribution in [-0.4, -0.2) is 26.9 Å². The van der Waals surface area contributed by atoms with E-state index in [9.17, 15) is 0 Å². The van der Waals surface area contributed by atoms with Crippen LogP contribution < -0.4 is 10.1 Å². The maximum atomic E-state index is 5.41. The zero-order valence-electron chi connectivity index (χ0n) is 11.2. The second kappa shape index (κ2) is 7.30. The number of ether oxygens (including phenoxy) is 2. The lowest BCUT2D eigenvalue weighted by atomic mass is 10.00. The minimum absolute atomic E-state index is 0.226. The lowest BCUT2D eigenvalue weighted by Gasteiger charge is -2.23. The normalized spacial score (nSPS) is 14.4. The molecule has 96 valence electrons. The maximum absolute atomic E-state index is 5.41. The van der Waals surface area contributed by atoms with Gasteiger partial charge in [-0.15, -0.1) is 0 Å². The second-order valence-corrected chi connectivity index (χ2v) is 4.13. The molecule has 1 aromatic rings. The summed E-state index contributed by atoms with van der Waals surface area (Å²) in [6, 6.07) is 8.40. The molecule has 0 saturated heterocycles. The predicted molar refractivity (Wildman–Crippen MR) is 70.5 cm³/mol. The Kier molecular flexibility index (Phi) is 6.01. The van der Waals surface area contributed by atoms with Gasteiger partial charge < -0.3 is 14.8 Å². The molecule has 2 atom stereocenters. The molecule has 0 amide bonds. The molecular formula is C14H23NO2. The van der Waals surface area contributed by atoms with Gasteiger partial charge in [-0.1, -0.05) is 25.1 Å².